The SMILES string of the molecule is CC[C@H]1O[C@@H](n2cnc3c(=S)nc[nH]c32)C(C)[C@@H]1C. The zero-order valence-corrected chi connectivity index (χ0v) is 12.1. The Morgan fingerprint density at radius 2 is 2.16 bits per heavy atom. The Labute approximate surface area is 117 Å². The van der Waals surface area contributed by atoms with Crippen LogP contribution in [0.4, 0.5) is 0 Å². The molecule has 6 heteroatoms. The van der Waals surface area contributed by atoms with Gasteiger partial charge in [-0.25, -0.2) is 9.97 Å². The fourth-order valence-corrected chi connectivity index (χ4v) is 3.08. The van der Waals surface area contributed by atoms with Gasteiger partial charge in [-0.1, -0.05) is 33.0 Å². The maximum atomic E-state index is 6.18. The van der Waals surface area contributed by atoms with Crippen LogP contribution in [0.15, 0.2) is 12.7 Å². The molecule has 0 aromatic carbocycles. The van der Waals surface area contributed by atoms with Gasteiger partial charge in [-0.2, -0.15) is 0 Å². The van der Waals surface area contributed by atoms with Crippen LogP contribution >= 0.6 is 12.2 Å². The highest BCUT2D eigenvalue weighted by Gasteiger charge is 2.39. The van der Waals surface area contributed by atoms with Crippen molar-refractivity contribution in [2.45, 2.75) is 39.5 Å². The molecule has 1 aliphatic heterocycles. The third-order valence-corrected chi connectivity index (χ3v) is 4.53. The van der Waals surface area contributed by atoms with E-state index in [-0.39, 0.29) is 6.23 Å². The summed E-state index contributed by atoms with van der Waals surface area (Å²) in [5.74, 6) is 0.981. The summed E-state index contributed by atoms with van der Waals surface area (Å²) in [6.07, 6.45) is 4.76. The lowest BCUT2D eigenvalue weighted by molar-refractivity contribution is -0.0120. The lowest BCUT2D eigenvalue weighted by atomic mass is 9.91. The zero-order chi connectivity index (χ0) is 13.6. The molecular formula is C13H18N4OS. The average molecular weight is 278 g/mol. The first kappa shape index (κ1) is 12.7. The number of nitrogens with zero attached hydrogens (tertiary/aromatic N) is 3. The minimum atomic E-state index is 0.0120. The van der Waals surface area contributed by atoms with E-state index in [1.165, 1.54) is 0 Å². The maximum Gasteiger partial charge on any atom is 0.157 e. The molecule has 5 nitrogen and oxygen atoms in total. The van der Waals surface area contributed by atoms with Gasteiger partial charge in [0, 0.05) is 5.92 Å². The van der Waals surface area contributed by atoms with Crippen molar-refractivity contribution in [3.05, 3.63) is 17.3 Å². The van der Waals surface area contributed by atoms with E-state index in [0.717, 1.165) is 17.6 Å². The van der Waals surface area contributed by atoms with Crippen LogP contribution in [0.1, 0.15) is 33.4 Å². The first-order valence-electron chi connectivity index (χ1n) is 6.69. The van der Waals surface area contributed by atoms with Crippen molar-refractivity contribution in [1.29, 1.82) is 0 Å². The number of fused-ring (bicyclic) bond motifs is 1. The van der Waals surface area contributed by atoms with Crippen LogP contribution in [0.5, 0.6) is 0 Å². The minimum Gasteiger partial charge on any atom is -0.354 e. The highest BCUT2D eigenvalue weighted by atomic mass is 32.1. The Balaban J connectivity index is 2.06. The van der Waals surface area contributed by atoms with Gasteiger partial charge >= 0.3 is 0 Å². The lowest BCUT2D eigenvalue weighted by Crippen LogP contribution is -2.15. The number of nitrogens with one attached hydrogen (secondary N) is 1. The first-order valence-corrected chi connectivity index (χ1v) is 7.10. The van der Waals surface area contributed by atoms with E-state index in [0.29, 0.717) is 22.6 Å². The van der Waals surface area contributed by atoms with Gasteiger partial charge in [0.05, 0.1) is 18.8 Å². The third-order valence-electron chi connectivity index (χ3n) is 4.24. The standard InChI is InChI=1S/C13H18N4OS/c1-4-9-7(2)8(3)13(18-9)17-6-16-10-11(17)14-5-15-12(10)19/h5-9,13H,4H2,1-3H3,(H,14,15,19)/t7-,8?,9+,13+/m0/s1. The number of ether oxygens (including phenoxy) is 1. The Kier molecular flexibility index (Phi) is 3.14. The second-order valence-corrected chi connectivity index (χ2v) is 5.64. The van der Waals surface area contributed by atoms with Gasteiger partial charge in [-0.15, -0.1) is 0 Å². The second kappa shape index (κ2) is 4.68. The van der Waals surface area contributed by atoms with Gasteiger partial charge in [0.2, 0.25) is 0 Å². The summed E-state index contributed by atoms with van der Waals surface area (Å²) in [5.41, 5.74) is 1.63. The second-order valence-electron chi connectivity index (χ2n) is 5.25. The van der Waals surface area contributed by atoms with Crippen LogP contribution in [0.3, 0.4) is 0 Å². The molecule has 0 radical (unpaired) electrons. The molecule has 2 aromatic heterocycles. The molecule has 0 bridgehead atoms. The number of imidazole rings is 1. The van der Waals surface area contributed by atoms with Crippen LogP contribution < -0.4 is 0 Å². The smallest absolute Gasteiger partial charge is 0.157 e. The summed E-state index contributed by atoms with van der Waals surface area (Å²) in [6, 6.07) is 0. The first-order chi connectivity index (χ1) is 9.13. The van der Waals surface area contributed by atoms with Crippen LogP contribution in [0.2, 0.25) is 0 Å². The van der Waals surface area contributed by atoms with Gasteiger partial charge in [0.25, 0.3) is 0 Å². The van der Waals surface area contributed by atoms with Crippen molar-refractivity contribution in [2.75, 3.05) is 0 Å². The molecule has 3 rings (SSSR count). The molecule has 1 fully saturated rings. The number of aromatic amines is 1. The number of H-pyrrole nitrogens is 1. The quantitative estimate of drug-likeness (QED) is 0.858. The van der Waals surface area contributed by atoms with Crippen molar-refractivity contribution in [2.24, 2.45) is 11.8 Å². The Morgan fingerprint density at radius 3 is 2.84 bits per heavy atom. The van der Waals surface area contributed by atoms with Crippen molar-refractivity contribution < 1.29 is 4.74 Å². The molecule has 1 unspecified atom stereocenters. The fourth-order valence-electron chi connectivity index (χ4n) is 2.88. The summed E-state index contributed by atoms with van der Waals surface area (Å²) in [7, 11) is 0. The molecule has 0 saturated carbocycles. The van der Waals surface area contributed by atoms with Crippen LogP contribution in [-0.2, 0) is 4.74 Å². The summed E-state index contributed by atoms with van der Waals surface area (Å²) in [4.78, 5) is 11.5. The minimum absolute atomic E-state index is 0.0120. The molecule has 1 saturated heterocycles. The predicted octanol–water partition coefficient (Wildman–Crippen LogP) is 3.07. The summed E-state index contributed by atoms with van der Waals surface area (Å²) >= 11 is 5.19. The molecule has 2 aromatic rings. The van der Waals surface area contributed by atoms with Crippen molar-refractivity contribution in [3.63, 3.8) is 0 Å². The summed E-state index contributed by atoms with van der Waals surface area (Å²) < 4.78 is 8.75. The van der Waals surface area contributed by atoms with Crippen molar-refractivity contribution in [3.8, 4) is 0 Å². The lowest BCUT2D eigenvalue weighted by Gasteiger charge is -2.18. The third kappa shape index (κ3) is 1.90. The average Bonchev–Trinajstić information content (AvgIpc) is 2.94. The van der Waals surface area contributed by atoms with Gasteiger partial charge in [0.1, 0.15) is 17.4 Å². The van der Waals surface area contributed by atoms with Gasteiger partial charge < -0.3 is 9.72 Å². The summed E-state index contributed by atoms with van der Waals surface area (Å²) in [6.45, 7) is 6.65. The number of aromatic nitrogens is 4. The van der Waals surface area contributed by atoms with Gasteiger partial charge in [-0.3, -0.25) is 4.57 Å². The molecule has 0 amide bonds. The van der Waals surface area contributed by atoms with Crippen LogP contribution in [0.25, 0.3) is 11.2 Å². The number of hydrogen-bond donors (Lipinski definition) is 1. The van der Waals surface area contributed by atoms with Crippen LogP contribution in [0, 0.1) is 16.5 Å². The van der Waals surface area contributed by atoms with E-state index in [4.69, 9.17) is 17.0 Å². The predicted molar refractivity (Wildman–Crippen MR) is 75.2 cm³/mol. The Bertz CT molecular complexity index is 649. The van der Waals surface area contributed by atoms with E-state index in [2.05, 4.69) is 35.7 Å². The number of rotatable bonds is 2. The monoisotopic (exact) mass is 278 g/mol. The van der Waals surface area contributed by atoms with E-state index in [9.17, 15) is 0 Å². The van der Waals surface area contributed by atoms with E-state index < -0.39 is 0 Å². The Hall–Kier alpha value is -1.27. The van der Waals surface area contributed by atoms with Crippen LogP contribution in [-0.4, -0.2) is 25.6 Å². The van der Waals surface area contributed by atoms with E-state index in [1.54, 1.807) is 12.7 Å². The molecule has 19 heavy (non-hydrogen) atoms. The molecular weight excluding hydrogens is 260 g/mol. The molecule has 0 aliphatic carbocycles. The topological polar surface area (TPSA) is 55.7 Å². The van der Waals surface area contributed by atoms with Gasteiger partial charge in [-0.05, 0) is 12.3 Å². The molecule has 1 N–H and O–H groups in total. The number of hydrogen-bond acceptors (Lipinski definition) is 4. The normalized spacial score (nSPS) is 31.1. The largest absolute Gasteiger partial charge is 0.354 e. The van der Waals surface area contributed by atoms with E-state index in [1.807, 2.05) is 4.57 Å². The maximum absolute atomic E-state index is 6.18. The molecule has 0 spiro atoms. The van der Waals surface area contributed by atoms with E-state index >= 15 is 0 Å². The highest BCUT2D eigenvalue weighted by molar-refractivity contribution is 7.71. The highest BCUT2D eigenvalue weighted by Crippen LogP contribution is 2.40. The fraction of sp³-hybridized carbons (Fsp3) is 0.615. The van der Waals surface area contributed by atoms with Gasteiger partial charge in [0.15, 0.2) is 4.64 Å². The zero-order valence-electron chi connectivity index (χ0n) is 11.3. The molecule has 4 atom stereocenters. The molecule has 3 heterocycles. The molecule has 1 aliphatic rings. The Morgan fingerprint density at radius 1 is 1.37 bits per heavy atom. The van der Waals surface area contributed by atoms with Crippen molar-refractivity contribution in [1.82, 2.24) is 19.5 Å². The molecule has 102 valence electrons. The van der Waals surface area contributed by atoms with Crippen molar-refractivity contribution >= 4 is 23.4 Å². The summed E-state index contributed by atoms with van der Waals surface area (Å²) in [5, 5.41) is 0.